The van der Waals surface area contributed by atoms with Crippen molar-refractivity contribution in [3.8, 4) is 0 Å². The molecule has 1 N–H and O–H groups in total. The van der Waals surface area contributed by atoms with E-state index in [2.05, 4.69) is 9.97 Å². The quantitative estimate of drug-likeness (QED) is 0.922. The van der Waals surface area contributed by atoms with Crippen LogP contribution in [0.1, 0.15) is 29.6 Å². The Hall–Kier alpha value is -1.99. The number of benzene rings is 1. The Morgan fingerprint density at radius 2 is 2.20 bits per heavy atom. The minimum Gasteiger partial charge on any atom is -0.381 e. The molecular formula is C18H22FN3O3. The summed E-state index contributed by atoms with van der Waals surface area (Å²) in [7, 11) is 0. The summed E-state index contributed by atoms with van der Waals surface area (Å²) in [6.07, 6.45) is 4.29. The van der Waals surface area contributed by atoms with E-state index in [-0.39, 0.29) is 17.6 Å². The van der Waals surface area contributed by atoms with Crippen LogP contribution in [0.4, 0.5) is 4.39 Å². The molecule has 0 radical (unpaired) electrons. The number of carbonyl (C=O) groups is 1. The first-order chi connectivity index (χ1) is 12.2. The van der Waals surface area contributed by atoms with Crippen LogP contribution in [0.25, 0.3) is 11.0 Å². The third-order valence-electron chi connectivity index (χ3n) is 5.06. The summed E-state index contributed by atoms with van der Waals surface area (Å²) in [5, 5.41) is 0. The number of amides is 1. The lowest BCUT2D eigenvalue weighted by molar-refractivity contribution is -0.00800. The van der Waals surface area contributed by atoms with Crippen LogP contribution in [0.15, 0.2) is 18.5 Å². The number of nitrogens with zero attached hydrogens (tertiary/aromatic N) is 2. The van der Waals surface area contributed by atoms with Crippen LogP contribution < -0.4 is 0 Å². The number of aromatic amines is 1. The number of carbonyl (C=O) groups excluding carboxylic acids is 1. The zero-order chi connectivity index (χ0) is 17.2. The van der Waals surface area contributed by atoms with Gasteiger partial charge in [-0.1, -0.05) is 0 Å². The number of nitrogens with one attached hydrogen (secondary N) is 1. The van der Waals surface area contributed by atoms with Gasteiger partial charge in [0.2, 0.25) is 0 Å². The number of rotatable bonds is 4. The summed E-state index contributed by atoms with van der Waals surface area (Å²) < 4.78 is 25.6. The maximum absolute atomic E-state index is 14.2. The first kappa shape index (κ1) is 16.5. The van der Waals surface area contributed by atoms with Crippen LogP contribution in [0.3, 0.4) is 0 Å². The number of likely N-dealkylation sites (tertiary alicyclic amines) is 1. The molecule has 2 saturated heterocycles. The van der Waals surface area contributed by atoms with Gasteiger partial charge in [0.1, 0.15) is 5.82 Å². The molecule has 2 aliphatic heterocycles. The van der Waals surface area contributed by atoms with E-state index in [1.165, 1.54) is 18.5 Å². The summed E-state index contributed by atoms with van der Waals surface area (Å²) >= 11 is 0. The molecule has 1 amide bonds. The number of H-pyrrole nitrogens is 1. The number of imidazole rings is 1. The Balaban J connectivity index is 1.34. The van der Waals surface area contributed by atoms with E-state index in [1.54, 1.807) is 4.90 Å². The summed E-state index contributed by atoms with van der Waals surface area (Å²) in [5.74, 6) is -0.291. The number of ether oxygens (including phenoxy) is 2. The topological polar surface area (TPSA) is 67.5 Å². The Bertz CT molecular complexity index is 749. The predicted molar refractivity (Wildman–Crippen MR) is 89.9 cm³/mol. The van der Waals surface area contributed by atoms with Gasteiger partial charge in [-0.2, -0.15) is 0 Å². The van der Waals surface area contributed by atoms with Gasteiger partial charge in [-0.25, -0.2) is 9.37 Å². The monoisotopic (exact) mass is 347 g/mol. The highest BCUT2D eigenvalue weighted by molar-refractivity contribution is 5.97. The fourth-order valence-corrected chi connectivity index (χ4v) is 3.50. The third kappa shape index (κ3) is 3.52. The van der Waals surface area contributed by atoms with Crippen molar-refractivity contribution in [2.45, 2.75) is 25.4 Å². The summed E-state index contributed by atoms with van der Waals surface area (Å²) in [6, 6.07) is 2.85. The highest BCUT2D eigenvalue weighted by Gasteiger charge is 2.27. The number of halogens is 1. The second-order valence-corrected chi connectivity index (χ2v) is 6.81. The van der Waals surface area contributed by atoms with Gasteiger partial charge < -0.3 is 19.4 Å². The molecule has 6 nitrogen and oxygen atoms in total. The summed E-state index contributed by atoms with van der Waals surface area (Å²) in [5.41, 5.74) is 1.28. The van der Waals surface area contributed by atoms with E-state index in [0.29, 0.717) is 30.0 Å². The van der Waals surface area contributed by atoms with Gasteiger partial charge in [0.25, 0.3) is 5.91 Å². The average molecular weight is 347 g/mol. The molecule has 0 saturated carbocycles. The Kier molecular flexibility index (Phi) is 4.67. The highest BCUT2D eigenvalue weighted by atomic mass is 19.1. The van der Waals surface area contributed by atoms with Crippen molar-refractivity contribution in [1.82, 2.24) is 14.9 Å². The fourth-order valence-electron chi connectivity index (χ4n) is 3.50. The maximum Gasteiger partial charge on any atom is 0.256 e. The molecule has 0 bridgehead atoms. The predicted octanol–water partition coefficient (Wildman–Crippen LogP) is 2.36. The number of piperidine rings is 1. The first-order valence-electron chi connectivity index (χ1n) is 8.82. The Morgan fingerprint density at radius 3 is 2.96 bits per heavy atom. The average Bonchev–Trinajstić information content (AvgIpc) is 3.30. The van der Waals surface area contributed by atoms with E-state index in [4.69, 9.17) is 9.47 Å². The lowest BCUT2D eigenvalue weighted by Crippen LogP contribution is -2.41. The molecule has 25 heavy (non-hydrogen) atoms. The van der Waals surface area contributed by atoms with Crippen LogP contribution in [0.5, 0.6) is 0 Å². The van der Waals surface area contributed by atoms with Crippen LogP contribution in [-0.4, -0.2) is 59.8 Å². The molecule has 3 heterocycles. The van der Waals surface area contributed by atoms with Crippen LogP contribution >= 0.6 is 0 Å². The molecule has 1 atom stereocenters. The molecular weight excluding hydrogens is 325 g/mol. The molecule has 7 heteroatoms. The van der Waals surface area contributed by atoms with Gasteiger partial charge in [-0.3, -0.25) is 4.79 Å². The second kappa shape index (κ2) is 7.09. The molecule has 1 unspecified atom stereocenters. The van der Waals surface area contributed by atoms with Crippen molar-refractivity contribution < 1.29 is 18.7 Å². The molecule has 2 aromatic rings. The first-order valence-corrected chi connectivity index (χ1v) is 8.82. The molecule has 2 fully saturated rings. The van der Waals surface area contributed by atoms with E-state index in [0.717, 1.165) is 39.1 Å². The SMILES string of the molecule is O=C(c1cc2nc[nH]c2cc1F)N1CCC(OCC2CCOC2)CC1. The highest BCUT2D eigenvalue weighted by Crippen LogP contribution is 2.22. The molecule has 2 aliphatic rings. The van der Waals surface area contributed by atoms with Gasteiger partial charge in [-0.15, -0.1) is 0 Å². The lowest BCUT2D eigenvalue weighted by atomic mass is 10.0. The van der Waals surface area contributed by atoms with Gasteiger partial charge in [-0.05, 0) is 25.3 Å². The van der Waals surface area contributed by atoms with E-state index >= 15 is 0 Å². The zero-order valence-electron chi connectivity index (χ0n) is 14.0. The second-order valence-electron chi connectivity index (χ2n) is 6.81. The number of hydrogen-bond donors (Lipinski definition) is 1. The summed E-state index contributed by atoms with van der Waals surface area (Å²) in [6.45, 7) is 3.51. The molecule has 1 aromatic carbocycles. The third-order valence-corrected chi connectivity index (χ3v) is 5.06. The molecule has 4 rings (SSSR count). The number of aromatic nitrogens is 2. The molecule has 1 aromatic heterocycles. The van der Waals surface area contributed by atoms with Crippen molar-refractivity contribution in [2.75, 3.05) is 32.9 Å². The minimum absolute atomic E-state index is 0.0853. The fraction of sp³-hybridized carbons (Fsp3) is 0.556. The van der Waals surface area contributed by atoms with Crippen molar-refractivity contribution >= 4 is 16.9 Å². The molecule has 0 spiro atoms. The van der Waals surface area contributed by atoms with Crippen LogP contribution in [0, 0.1) is 11.7 Å². The van der Waals surface area contributed by atoms with E-state index in [1.807, 2.05) is 0 Å². The lowest BCUT2D eigenvalue weighted by Gasteiger charge is -2.32. The molecule has 134 valence electrons. The van der Waals surface area contributed by atoms with Gasteiger partial charge in [0.05, 0.1) is 42.2 Å². The summed E-state index contributed by atoms with van der Waals surface area (Å²) in [4.78, 5) is 21.3. The van der Waals surface area contributed by atoms with Crippen molar-refractivity contribution in [1.29, 1.82) is 0 Å². The Morgan fingerprint density at radius 1 is 1.36 bits per heavy atom. The van der Waals surface area contributed by atoms with Gasteiger partial charge in [0, 0.05) is 31.7 Å². The smallest absolute Gasteiger partial charge is 0.256 e. The molecule has 0 aliphatic carbocycles. The zero-order valence-corrected chi connectivity index (χ0v) is 14.0. The number of hydrogen-bond acceptors (Lipinski definition) is 4. The standard InChI is InChI=1S/C18H22FN3O3/c19-15-8-17-16(20-11-21-17)7-14(15)18(23)22-4-1-13(2-5-22)25-10-12-3-6-24-9-12/h7-8,11-13H,1-6,9-10H2,(H,20,21). The van der Waals surface area contributed by atoms with E-state index < -0.39 is 5.82 Å². The maximum atomic E-state index is 14.2. The van der Waals surface area contributed by atoms with E-state index in [9.17, 15) is 9.18 Å². The normalized spacial score (nSPS) is 22.0. The largest absolute Gasteiger partial charge is 0.381 e. The van der Waals surface area contributed by atoms with Crippen molar-refractivity contribution in [3.63, 3.8) is 0 Å². The van der Waals surface area contributed by atoms with Crippen molar-refractivity contribution in [2.24, 2.45) is 5.92 Å². The minimum atomic E-state index is -0.513. The van der Waals surface area contributed by atoms with Crippen LogP contribution in [0.2, 0.25) is 0 Å². The number of fused-ring (bicyclic) bond motifs is 1. The van der Waals surface area contributed by atoms with Gasteiger partial charge in [0.15, 0.2) is 0 Å². The Labute approximate surface area is 145 Å². The van der Waals surface area contributed by atoms with Crippen molar-refractivity contribution in [3.05, 3.63) is 29.8 Å². The van der Waals surface area contributed by atoms with Gasteiger partial charge >= 0.3 is 0 Å². The van der Waals surface area contributed by atoms with Crippen LogP contribution in [-0.2, 0) is 9.47 Å².